The Bertz CT molecular complexity index is 590. The molecule has 3 rings (SSSR count). The summed E-state index contributed by atoms with van der Waals surface area (Å²) in [4.78, 5) is 12.8. The van der Waals surface area contributed by atoms with E-state index >= 15 is 0 Å². The standard InChI is InChI=1S/C23H29NO/c25-23(24-21-16-10-2-1-3-11-17-21)18-22(19-12-6-4-7-13-19)20-14-8-5-9-15-20/h4-9,12-15,21-22H,1-3,10-11,16-18H2,(H,24,25). The summed E-state index contributed by atoms with van der Waals surface area (Å²) in [5.74, 6) is 0.305. The van der Waals surface area contributed by atoms with Gasteiger partial charge in [0, 0.05) is 18.4 Å². The summed E-state index contributed by atoms with van der Waals surface area (Å²) < 4.78 is 0. The number of hydrogen-bond donors (Lipinski definition) is 1. The number of amides is 1. The van der Waals surface area contributed by atoms with Crippen LogP contribution in [0, 0.1) is 0 Å². The SMILES string of the molecule is O=C(CC(c1ccccc1)c1ccccc1)NC1CCCCCCC1. The fourth-order valence-corrected chi connectivity index (χ4v) is 3.87. The van der Waals surface area contributed by atoms with Crippen LogP contribution >= 0.6 is 0 Å². The minimum atomic E-state index is 0.121. The molecule has 1 saturated carbocycles. The maximum Gasteiger partial charge on any atom is 0.221 e. The van der Waals surface area contributed by atoms with Crippen LogP contribution in [-0.2, 0) is 4.79 Å². The lowest BCUT2D eigenvalue weighted by atomic mass is 9.88. The molecule has 0 unspecified atom stereocenters. The van der Waals surface area contributed by atoms with Gasteiger partial charge >= 0.3 is 0 Å². The van der Waals surface area contributed by atoms with Gasteiger partial charge in [0.15, 0.2) is 0 Å². The normalized spacial score (nSPS) is 16.2. The van der Waals surface area contributed by atoms with Crippen LogP contribution in [0.15, 0.2) is 60.7 Å². The van der Waals surface area contributed by atoms with Crippen LogP contribution in [0.2, 0.25) is 0 Å². The van der Waals surface area contributed by atoms with E-state index < -0.39 is 0 Å². The van der Waals surface area contributed by atoms with Crippen molar-refractivity contribution >= 4 is 5.91 Å². The first kappa shape index (κ1) is 17.7. The van der Waals surface area contributed by atoms with Crippen molar-refractivity contribution in [3.05, 3.63) is 71.8 Å². The van der Waals surface area contributed by atoms with E-state index in [1.807, 2.05) is 12.1 Å². The van der Waals surface area contributed by atoms with Gasteiger partial charge in [-0.3, -0.25) is 4.79 Å². The van der Waals surface area contributed by atoms with Crippen molar-refractivity contribution in [2.24, 2.45) is 0 Å². The topological polar surface area (TPSA) is 29.1 Å². The first-order valence-corrected chi connectivity index (χ1v) is 9.72. The predicted octanol–water partition coefficient (Wildman–Crippen LogP) is 5.44. The molecule has 0 saturated heterocycles. The van der Waals surface area contributed by atoms with E-state index in [0.29, 0.717) is 12.5 Å². The molecule has 0 radical (unpaired) electrons. The Morgan fingerprint density at radius 1 is 0.800 bits per heavy atom. The summed E-state index contributed by atoms with van der Waals surface area (Å²) in [6, 6.07) is 21.1. The summed E-state index contributed by atoms with van der Waals surface area (Å²) in [5, 5.41) is 3.32. The Morgan fingerprint density at radius 2 is 1.28 bits per heavy atom. The number of carbonyl (C=O) groups excluding carboxylic acids is 1. The molecule has 132 valence electrons. The fourth-order valence-electron chi connectivity index (χ4n) is 3.87. The van der Waals surface area contributed by atoms with Gasteiger partial charge in [-0.15, -0.1) is 0 Å². The maximum absolute atomic E-state index is 12.8. The first-order valence-electron chi connectivity index (χ1n) is 9.72. The molecule has 0 aliphatic heterocycles. The Hall–Kier alpha value is -2.09. The third-order valence-electron chi connectivity index (χ3n) is 5.26. The van der Waals surface area contributed by atoms with Gasteiger partial charge in [-0.2, -0.15) is 0 Å². The molecule has 0 aromatic heterocycles. The average Bonchev–Trinajstić information content (AvgIpc) is 2.63. The van der Waals surface area contributed by atoms with Gasteiger partial charge in [-0.25, -0.2) is 0 Å². The van der Waals surface area contributed by atoms with E-state index in [9.17, 15) is 4.79 Å². The third kappa shape index (κ3) is 5.45. The summed E-state index contributed by atoms with van der Waals surface area (Å²) in [5.41, 5.74) is 2.42. The zero-order chi connectivity index (χ0) is 17.3. The van der Waals surface area contributed by atoms with Crippen molar-refractivity contribution in [2.45, 2.75) is 63.3 Å². The van der Waals surface area contributed by atoms with E-state index in [-0.39, 0.29) is 11.8 Å². The zero-order valence-electron chi connectivity index (χ0n) is 15.0. The van der Waals surface area contributed by atoms with Gasteiger partial charge in [-0.1, -0.05) is 92.8 Å². The van der Waals surface area contributed by atoms with Gasteiger partial charge < -0.3 is 5.32 Å². The molecule has 1 aliphatic carbocycles. The lowest BCUT2D eigenvalue weighted by Gasteiger charge is -2.23. The largest absolute Gasteiger partial charge is 0.353 e. The second-order valence-corrected chi connectivity index (χ2v) is 7.19. The van der Waals surface area contributed by atoms with Crippen LogP contribution in [0.3, 0.4) is 0 Å². The van der Waals surface area contributed by atoms with Gasteiger partial charge in [0.2, 0.25) is 5.91 Å². The lowest BCUT2D eigenvalue weighted by Crippen LogP contribution is -2.36. The van der Waals surface area contributed by atoms with E-state index in [0.717, 1.165) is 12.8 Å². The summed E-state index contributed by atoms with van der Waals surface area (Å²) in [7, 11) is 0. The zero-order valence-corrected chi connectivity index (χ0v) is 15.0. The maximum atomic E-state index is 12.8. The second-order valence-electron chi connectivity index (χ2n) is 7.19. The van der Waals surface area contributed by atoms with E-state index in [1.54, 1.807) is 0 Å². The predicted molar refractivity (Wildman–Crippen MR) is 104 cm³/mol. The fraction of sp³-hybridized carbons (Fsp3) is 0.435. The molecular weight excluding hydrogens is 306 g/mol. The number of rotatable bonds is 5. The molecule has 0 atom stereocenters. The number of nitrogens with one attached hydrogen (secondary N) is 1. The molecule has 1 N–H and O–H groups in total. The molecule has 1 fully saturated rings. The Labute approximate surface area is 151 Å². The summed E-state index contributed by atoms with van der Waals surface area (Å²) in [6.07, 6.45) is 9.24. The Balaban J connectivity index is 1.68. The molecular formula is C23H29NO. The molecule has 25 heavy (non-hydrogen) atoms. The summed E-state index contributed by atoms with van der Waals surface area (Å²) in [6.45, 7) is 0. The van der Waals surface area contributed by atoms with Crippen LogP contribution in [0.1, 0.15) is 68.4 Å². The Morgan fingerprint density at radius 3 is 1.80 bits per heavy atom. The smallest absolute Gasteiger partial charge is 0.221 e. The van der Waals surface area contributed by atoms with E-state index in [2.05, 4.69) is 53.8 Å². The number of hydrogen-bond acceptors (Lipinski definition) is 1. The van der Waals surface area contributed by atoms with Crippen molar-refractivity contribution in [3.63, 3.8) is 0 Å². The monoisotopic (exact) mass is 335 g/mol. The second kappa shape index (κ2) is 9.41. The molecule has 0 bridgehead atoms. The molecule has 0 spiro atoms. The molecule has 2 heteroatoms. The molecule has 1 aliphatic rings. The van der Waals surface area contributed by atoms with Gasteiger partial charge in [0.1, 0.15) is 0 Å². The van der Waals surface area contributed by atoms with Crippen LogP contribution in [0.5, 0.6) is 0 Å². The van der Waals surface area contributed by atoms with Crippen molar-refractivity contribution in [2.75, 3.05) is 0 Å². The first-order chi connectivity index (χ1) is 12.3. The van der Waals surface area contributed by atoms with Crippen molar-refractivity contribution in [1.29, 1.82) is 0 Å². The minimum Gasteiger partial charge on any atom is -0.353 e. The molecule has 2 aromatic carbocycles. The van der Waals surface area contributed by atoms with Crippen LogP contribution in [-0.4, -0.2) is 11.9 Å². The highest BCUT2D eigenvalue weighted by Crippen LogP contribution is 2.28. The molecule has 2 aromatic rings. The minimum absolute atomic E-state index is 0.121. The lowest BCUT2D eigenvalue weighted by molar-refractivity contribution is -0.122. The van der Waals surface area contributed by atoms with Crippen LogP contribution in [0.4, 0.5) is 0 Å². The highest BCUT2D eigenvalue weighted by Gasteiger charge is 2.20. The summed E-state index contributed by atoms with van der Waals surface area (Å²) >= 11 is 0. The van der Waals surface area contributed by atoms with Gasteiger partial charge in [0.05, 0.1) is 0 Å². The molecule has 1 amide bonds. The number of benzene rings is 2. The van der Waals surface area contributed by atoms with Crippen molar-refractivity contribution in [3.8, 4) is 0 Å². The highest BCUT2D eigenvalue weighted by molar-refractivity contribution is 5.77. The highest BCUT2D eigenvalue weighted by atomic mass is 16.1. The van der Waals surface area contributed by atoms with Crippen LogP contribution in [0.25, 0.3) is 0 Å². The number of carbonyl (C=O) groups is 1. The van der Waals surface area contributed by atoms with Gasteiger partial charge in [-0.05, 0) is 24.0 Å². The molecule has 0 heterocycles. The van der Waals surface area contributed by atoms with E-state index in [1.165, 1.54) is 43.2 Å². The average molecular weight is 335 g/mol. The van der Waals surface area contributed by atoms with Crippen molar-refractivity contribution < 1.29 is 4.79 Å². The molecule has 2 nitrogen and oxygen atoms in total. The van der Waals surface area contributed by atoms with Crippen molar-refractivity contribution in [1.82, 2.24) is 5.32 Å². The van der Waals surface area contributed by atoms with Gasteiger partial charge in [0.25, 0.3) is 0 Å². The van der Waals surface area contributed by atoms with E-state index in [4.69, 9.17) is 0 Å². The quantitative estimate of drug-likeness (QED) is 0.774. The Kier molecular flexibility index (Phi) is 6.67. The van der Waals surface area contributed by atoms with Crippen LogP contribution < -0.4 is 5.32 Å². The third-order valence-corrected chi connectivity index (χ3v) is 5.26.